The van der Waals surface area contributed by atoms with Crippen LogP contribution in [0, 0.1) is 0 Å². The summed E-state index contributed by atoms with van der Waals surface area (Å²) >= 11 is 0. The molecule has 1 aliphatic heterocycles. The van der Waals surface area contributed by atoms with Gasteiger partial charge in [-0.3, -0.25) is 4.79 Å². The predicted octanol–water partition coefficient (Wildman–Crippen LogP) is 1.69. The van der Waals surface area contributed by atoms with Crippen molar-refractivity contribution in [3.8, 4) is 0 Å². The molecule has 0 radical (unpaired) electrons. The van der Waals surface area contributed by atoms with E-state index < -0.39 is 0 Å². The van der Waals surface area contributed by atoms with E-state index in [0.29, 0.717) is 13.2 Å². The van der Waals surface area contributed by atoms with E-state index in [4.69, 9.17) is 4.74 Å². The zero-order valence-corrected chi connectivity index (χ0v) is 11.0. The number of rotatable bonds is 4. The fourth-order valence-electron chi connectivity index (χ4n) is 2.33. The third kappa shape index (κ3) is 2.64. The fourth-order valence-corrected chi connectivity index (χ4v) is 2.33. The van der Waals surface area contributed by atoms with Crippen LogP contribution in [-0.4, -0.2) is 44.7 Å². The van der Waals surface area contributed by atoms with E-state index in [2.05, 4.69) is 5.32 Å². The average molecular weight is 248 g/mol. The number of nitrogens with one attached hydrogen (secondary N) is 1. The normalized spacial score (nSPS) is 17.8. The highest BCUT2D eigenvalue weighted by molar-refractivity contribution is 5.86. The molecule has 1 unspecified atom stereocenters. The van der Waals surface area contributed by atoms with Gasteiger partial charge in [0.05, 0.1) is 12.5 Å². The van der Waals surface area contributed by atoms with Crippen LogP contribution in [0.25, 0.3) is 0 Å². The number of benzene rings is 1. The summed E-state index contributed by atoms with van der Waals surface area (Å²) < 4.78 is 5.01. The summed E-state index contributed by atoms with van der Waals surface area (Å²) in [7, 11) is 3.49. The molecule has 0 fully saturated rings. The number of hydrogen-bond donors (Lipinski definition) is 1. The van der Waals surface area contributed by atoms with Crippen LogP contribution >= 0.6 is 0 Å². The third-order valence-electron chi connectivity index (χ3n) is 3.39. The van der Waals surface area contributed by atoms with Gasteiger partial charge in [0.1, 0.15) is 0 Å². The Labute approximate surface area is 108 Å². The molecule has 1 aromatic carbocycles. The molecule has 4 heteroatoms. The number of hydrogen-bond acceptors (Lipinski definition) is 3. The van der Waals surface area contributed by atoms with Crippen LogP contribution in [0.5, 0.6) is 0 Å². The minimum Gasteiger partial charge on any atom is -0.385 e. The van der Waals surface area contributed by atoms with E-state index >= 15 is 0 Å². The first-order valence-electron chi connectivity index (χ1n) is 6.30. The molecule has 1 amide bonds. The van der Waals surface area contributed by atoms with E-state index in [1.165, 1.54) is 0 Å². The van der Waals surface area contributed by atoms with Crippen molar-refractivity contribution in [2.24, 2.45) is 0 Å². The van der Waals surface area contributed by atoms with Gasteiger partial charge in [-0.05, 0) is 18.1 Å². The van der Waals surface area contributed by atoms with Crippen molar-refractivity contribution < 1.29 is 9.53 Å². The maximum Gasteiger partial charge on any atom is 0.230 e. The summed E-state index contributed by atoms with van der Waals surface area (Å²) in [6.45, 7) is 2.07. The van der Waals surface area contributed by atoms with Crippen LogP contribution in [0.1, 0.15) is 17.9 Å². The van der Waals surface area contributed by atoms with Gasteiger partial charge in [-0.1, -0.05) is 18.2 Å². The van der Waals surface area contributed by atoms with Crippen molar-refractivity contribution in [1.29, 1.82) is 0 Å². The van der Waals surface area contributed by atoms with Crippen LogP contribution in [0.4, 0.5) is 5.69 Å². The standard InChI is InChI=1S/C14H20N2O2/c1-16(9-10-18-2)14(17)12-7-8-15-13-6-4-3-5-11(12)13/h3-6,12,15H,7-10H2,1-2H3. The van der Waals surface area contributed by atoms with Crippen LogP contribution in [0.3, 0.4) is 0 Å². The zero-order valence-electron chi connectivity index (χ0n) is 11.0. The molecule has 1 atom stereocenters. The first kappa shape index (κ1) is 12.9. The summed E-state index contributed by atoms with van der Waals surface area (Å²) in [6.07, 6.45) is 0.854. The minimum atomic E-state index is -0.0238. The smallest absolute Gasteiger partial charge is 0.230 e. The van der Waals surface area contributed by atoms with Crippen molar-refractivity contribution in [3.05, 3.63) is 29.8 Å². The summed E-state index contributed by atoms with van der Waals surface area (Å²) in [4.78, 5) is 14.2. The fraction of sp³-hybridized carbons (Fsp3) is 0.500. The Morgan fingerprint density at radius 2 is 2.28 bits per heavy atom. The molecule has 0 bridgehead atoms. The SMILES string of the molecule is COCCN(C)C(=O)C1CCNc2ccccc21. The molecule has 1 aromatic rings. The average Bonchev–Trinajstić information content (AvgIpc) is 2.43. The van der Waals surface area contributed by atoms with Gasteiger partial charge in [0, 0.05) is 32.9 Å². The Hall–Kier alpha value is -1.55. The number of nitrogens with zero attached hydrogens (tertiary/aromatic N) is 1. The number of para-hydroxylation sites is 1. The number of carbonyl (C=O) groups excluding carboxylic acids is 1. The van der Waals surface area contributed by atoms with E-state index in [-0.39, 0.29) is 11.8 Å². The van der Waals surface area contributed by atoms with Crippen LogP contribution in [0.2, 0.25) is 0 Å². The molecule has 0 aliphatic carbocycles. The van der Waals surface area contributed by atoms with Gasteiger partial charge in [-0.15, -0.1) is 0 Å². The molecular formula is C14H20N2O2. The summed E-state index contributed by atoms with van der Waals surface area (Å²) in [6, 6.07) is 8.05. The maximum atomic E-state index is 12.4. The number of methoxy groups -OCH3 is 1. The van der Waals surface area contributed by atoms with Gasteiger partial charge in [0.15, 0.2) is 0 Å². The second-order valence-corrected chi connectivity index (χ2v) is 4.61. The summed E-state index contributed by atoms with van der Waals surface area (Å²) in [5.41, 5.74) is 2.19. The zero-order chi connectivity index (χ0) is 13.0. The Bertz CT molecular complexity index is 420. The number of carbonyl (C=O) groups is 1. The molecule has 0 saturated carbocycles. The molecule has 1 aliphatic rings. The Kier molecular flexibility index (Phi) is 4.20. The van der Waals surface area contributed by atoms with E-state index in [9.17, 15) is 4.79 Å². The third-order valence-corrected chi connectivity index (χ3v) is 3.39. The minimum absolute atomic E-state index is 0.0238. The number of amides is 1. The maximum absolute atomic E-state index is 12.4. The van der Waals surface area contributed by atoms with Crippen molar-refractivity contribution in [3.63, 3.8) is 0 Å². The lowest BCUT2D eigenvalue weighted by Gasteiger charge is -2.29. The van der Waals surface area contributed by atoms with Crippen molar-refractivity contribution >= 4 is 11.6 Å². The molecule has 0 aromatic heterocycles. The molecule has 1 N–H and O–H groups in total. The topological polar surface area (TPSA) is 41.6 Å². The van der Waals surface area contributed by atoms with Crippen LogP contribution in [0.15, 0.2) is 24.3 Å². The number of anilines is 1. The molecule has 98 valence electrons. The van der Waals surface area contributed by atoms with E-state index in [0.717, 1.165) is 24.2 Å². The number of fused-ring (bicyclic) bond motifs is 1. The largest absolute Gasteiger partial charge is 0.385 e. The monoisotopic (exact) mass is 248 g/mol. The van der Waals surface area contributed by atoms with E-state index in [1.54, 1.807) is 12.0 Å². The molecule has 18 heavy (non-hydrogen) atoms. The predicted molar refractivity (Wildman–Crippen MR) is 71.8 cm³/mol. The Balaban J connectivity index is 2.12. The second kappa shape index (κ2) is 5.87. The molecule has 1 heterocycles. The highest BCUT2D eigenvalue weighted by Crippen LogP contribution is 2.32. The van der Waals surface area contributed by atoms with Gasteiger partial charge in [0.2, 0.25) is 5.91 Å². The quantitative estimate of drug-likeness (QED) is 0.881. The van der Waals surface area contributed by atoms with Crippen molar-refractivity contribution in [1.82, 2.24) is 4.90 Å². The molecule has 4 nitrogen and oxygen atoms in total. The summed E-state index contributed by atoms with van der Waals surface area (Å²) in [5, 5.41) is 3.33. The summed E-state index contributed by atoms with van der Waals surface area (Å²) in [5.74, 6) is 0.158. The lowest BCUT2D eigenvalue weighted by Crippen LogP contribution is -2.36. The first-order valence-corrected chi connectivity index (χ1v) is 6.30. The Morgan fingerprint density at radius 1 is 1.50 bits per heavy atom. The second-order valence-electron chi connectivity index (χ2n) is 4.61. The van der Waals surface area contributed by atoms with Gasteiger partial charge in [-0.25, -0.2) is 0 Å². The number of likely N-dealkylation sites (N-methyl/N-ethyl adjacent to an activating group) is 1. The first-order chi connectivity index (χ1) is 8.74. The lowest BCUT2D eigenvalue weighted by molar-refractivity contribution is -0.132. The van der Waals surface area contributed by atoms with E-state index in [1.807, 2.05) is 31.3 Å². The van der Waals surface area contributed by atoms with Gasteiger partial charge >= 0.3 is 0 Å². The van der Waals surface area contributed by atoms with Crippen LogP contribution < -0.4 is 5.32 Å². The van der Waals surface area contributed by atoms with Gasteiger partial charge < -0.3 is 15.0 Å². The van der Waals surface area contributed by atoms with Crippen molar-refractivity contribution in [2.45, 2.75) is 12.3 Å². The number of ether oxygens (including phenoxy) is 1. The lowest BCUT2D eigenvalue weighted by atomic mass is 9.90. The highest BCUT2D eigenvalue weighted by Gasteiger charge is 2.28. The van der Waals surface area contributed by atoms with Crippen molar-refractivity contribution in [2.75, 3.05) is 39.2 Å². The highest BCUT2D eigenvalue weighted by atomic mass is 16.5. The van der Waals surface area contributed by atoms with Crippen LogP contribution in [-0.2, 0) is 9.53 Å². The Morgan fingerprint density at radius 3 is 3.06 bits per heavy atom. The molecule has 0 spiro atoms. The molecule has 0 saturated heterocycles. The van der Waals surface area contributed by atoms with Gasteiger partial charge in [0.25, 0.3) is 0 Å². The molecular weight excluding hydrogens is 228 g/mol. The molecule has 2 rings (SSSR count). The van der Waals surface area contributed by atoms with Gasteiger partial charge in [-0.2, -0.15) is 0 Å².